The average molecular weight is 423 g/mol. The molecule has 2 aliphatic rings. The Hall–Kier alpha value is -2.86. The van der Waals surface area contributed by atoms with Crippen molar-refractivity contribution in [3.63, 3.8) is 0 Å². The number of rotatable bonds is 5. The van der Waals surface area contributed by atoms with Crippen molar-refractivity contribution in [1.82, 2.24) is 0 Å². The van der Waals surface area contributed by atoms with Gasteiger partial charge < -0.3 is 10.1 Å². The topological polar surface area (TPSA) is 75.2 Å². The van der Waals surface area contributed by atoms with Crippen LogP contribution in [-0.2, 0) is 22.4 Å². The van der Waals surface area contributed by atoms with Crippen LogP contribution in [0.5, 0.6) is 0 Å². The van der Waals surface area contributed by atoms with Crippen LogP contribution in [-0.4, -0.2) is 31.2 Å². The summed E-state index contributed by atoms with van der Waals surface area (Å²) in [5, 5.41) is 4.99. The van der Waals surface area contributed by atoms with E-state index >= 15 is 0 Å². The van der Waals surface area contributed by atoms with E-state index in [2.05, 4.69) is 16.7 Å². The first-order valence-corrected chi connectivity index (χ1v) is 11.5. The number of nitrogens with two attached hydrogens (primary N) is 1. The van der Waals surface area contributed by atoms with Gasteiger partial charge in [-0.05, 0) is 74.8 Å². The number of carbonyl (C=O) groups is 2. The Balaban J connectivity index is 1.63. The van der Waals surface area contributed by atoms with Crippen LogP contribution < -0.4 is 15.5 Å². The normalized spacial score (nSPS) is 16.1. The van der Waals surface area contributed by atoms with Crippen molar-refractivity contribution in [1.29, 1.82) is 0 Å². The van der Waals surface area contributed by atoms with Crippen LogP contribution in [0, 0.1) is 0 Å². The van der Waals surface area contributed by atoms with Gasteiger partial charge in [0.15, 0.2) is 6.54 Å². The molecule has 1 saturated carbocycles. The third-order valence-corrected chi connectivity index (χ3v) is 6.27. The van der Waals surface area contributed by atoms with Gasteiger partial charge in [0, 0.05) is 5.69 Å². The van der Waals surface area contributed by atoms with E-state index < -0.39 is 6.09 Å². The lowest BCUT2D eigenvalue weighted by Crippen LogP contribution is -2.92. The standard InChI is InChI=1S/C25H31N3O3/c1-2-31-25(30)27-21-15-14-19-13-12-18-8-6-7-11-22(18)28(23(19)16-21)24(29)17-26-20-9-4-3-5-10-20/h6-8,11,14-16,20,26H,2-5,9-10,12-13,17H2,1H3,(H,27,30)/p+1. The molecule has 6 nitrogen and oxygen atoms in total. The maximum absolute atomic E-state index is 13.5. The van der Waals surface area contributed by atoms with E-state index in [0.29, 0.717) is 24.9 Å². The van der Waals surface area contributed by atoms with Gasteiger partial charge in [0.05, 0.1) is 24.0 Å². The maximum Gasteiger partial charge on any atom is 0.411 e. The summed E-state index contributed by atoms with van der Waals surface area (Å²) >= 11 is 0. The van der Waals surface area contributed by atoms with Gasteiger partial charge in [-0.2, -0.15) is 0 Å². The number of carbonyl (C=O) groups excluding carboxylic acids is 2. The van der Waals surface area contributed by atoms with E-state index in [9.17, 15) is 9.59 Å². The smallest absolute Gasteiger partial charge is 0.411 e. The Morgan fingerprint density at radius 1 is 1.03 bits per heavy atom. The molecule has 2 aromatic rings. The molecule has 6 heteroatoms. The van der Waals surface area contributed by atoms with E-state index in [1.165, 1.54) is 37.7 Å². The van der Waals surface area contributed by atoms with E-state index in [-0.39, 0.29) is 5.91 Å². The number of amides is 2. The van der Waals surface area contributed by atoms with E-state index in [0.717, 1.165) is 29.8 Å². The summed E-state index contributed by atoms with van der Waals surface area (Å²) in [6, 6.07) is 14.5. The van der Waals surface area contributed by atoms with Crippen molar-refractivity contribution >= 4 is 29.1 Å². The summed E-state index contributed by atoms with van der Waals surface area (Å²) < 4.78 is 5.02. The Morgan fingerprint density at radius 3 is 2.55 bits per heavy atom. The Labute approximate surface area is 184 Å². The van der Waals surface area contributed by atoms with E-state index in [1.54, 1.807) is 6.92 Å². The zero-order valence-electron chi connectivity index (χ0n) is 18.2. The van der Waals surface area contributed by atoms with Gasteiger partial charge >= 0.3 is 6.09 Å². The van der Waals surface area contributed by atoms with Gasteiger partial charge in [0.25, 0.3) is 5.91 Å². The summed E-state index contributed by atoms with van der Waals surface area (Å²) in [5.41, 5.74) is 4.70. The molecule has 0 spiro atoms. The van der Waals surface area contributed by atoms with Crippen molar-refractivity contribution in [2.45, 2.75) is 57.9 Å². The third kappa shape index (κ3) is 5.07. The van der Waals surface area contributed by atoms with Crippen molar-refractivity contribution < 1.29 is 19.6 Å². The molecule has 164 valence electrons. The van der Waals surface area contributed by atoms with Gasteiger partial charge in [0.1, 0.15) is 0 Å². The quantitative estimate of drug-likeness (QED) is 0.767. The lowest BCUT2D eigenvalue weighted by Gasteiger charge is -2.26. The number of hydrogen-bond donors (Lipinski definition) is 2. The summed E-state index contributed by atoms with van der Waals surface area (Å²) in [6.45, 7) is 2.51. The number of ether oxygens (including phenoxy) is 1. The summed E-state index contributed by atoms with van der Waals surface area (Å²) in [6.07, 6.45) is 7.44. The van der Waals surface area contributed by atoms with E-state index in [1.807, 2.05) is 41.3 Å². The minimum absolute atomic E-state index is 0.0782. The van der Waals surface area contributed by atoms with Crippen LogP contribution in [0.4, 0.5) is 21.9 Å². The number of hydrogen-bond acceptors (Lipinski definition) is 3. The summed E-state index contributed by atoms with van der Waals surface area (Å²) in [5.74, 6) is 0.0782. The van der Waals surface area contributed by atoms with Crippen molar-refractivity contribution in [3.05, 3.63) is 53.6 Å². The molecule has 0 saturated heterocycles. The SMILES string of the molecule is CCOC(=O)Nc1ccc2c(c1)N(C(=O)C[NH2+]C1CCCCC1)c1ccccc1CC2. The molecule has 0 unspecified atom stereocenters. The van der Waals surface area contributed by atoms with Crippen molar-refractivity contribution in [3.8, 4) is 0 Å². The predicted molar refractivity (Wildman–Crippen MR) is 122 cm³/mol. The Bertz CT molecular complexity index is 937. The molecular weight excluding hydrogens is 390 g/mol. The number of nitrogens with one attached hydrogen (secondary N) is 1. The number of benzene rings is 2. The monoisotopic (exact) mass is 422 g/mol. The molecule has 0 bridgehead atoms. The molecular formula is C25H32N3O3+. The van der Waals surface area contributed by atoms with Gasteiger partial charge in [-0.1, -0.05) is 30.7 Å². The Kier molecular flexibility index (Phi) is 6.87. The molecule has 2 aromatic carbocycles. The molecule has 1 fully saturated rings. The average Bonchev–Trinajstić information content (AvgIpc) is 2.95. The molecule has 0 aromatic heterocycles. The molecule has 3 N–H and O–H groups in total. The first-order chi connectivity index (χ1) is 15.2. The number of para-hydroxylation sites is 1. The second-order valence-electron chi connectivity index (χ2n) is 8.38. The molecule has 4 rings (SSSR count). The van der Waals surface area contributed by atoms with Crippen LogP contribution in [0.15, 0.2) is 42.5 Å². The third-order valence-electron chi connectivity index (χ3n) is 6.27. The number of quaternary nitrogens is 1. The van der Waals surface area contributed by atoms with Crippen LogP contribution in [0.2, 0.25) is 0 Å². The highest BCUT2D eigenvalue weighted by Crippen LogP contribution is 2.37. The molecule has 0 atom stereocenters. The number of aryl methyl sites for hydroxylation is 2. The predicted octanol–water partition coefficient (Wildman–Crippen LogP) is 3.91. The largest absolute Gasteiger partial charge is 0.450 e. The molecule has 1 aliphatic heterocycles. The highest BCUT2D eigenvalue weighted by atomic mass is 16.5. The van der Waals surface area contributed by atoms with Gasteiger partial charge in [-0.15, -0.1) is 0 Å². The fourth-order valence-electron chi connectivity index (χ4n) is 4.68. The minimum Gasteiger partial charge on any atom is -0.450 e. The fourth-order valence-corrected chi connectivity index (χ4v) is 4.68. The molecule has 1 aliphatic carbocycles. The lowest BCUT2D eigenvalue weighted by molar-refractivity contribution is -0.681. The van der Waals surface area contributed by atoms with Gasteiger partial charge in [-0.25, -0.2) is 4.79 Å². The van der Waals surface area contributed by atoms with Crippen molar-refractivity contribution in [2.75, 3.05) is 23.4 Å². The second-order valence-corrected chi connectivity index (χ2v) is 8.38. The molecule has 2 amide bonds. The summed E-state index contributed by atoms with van der Waals surface area (Å²) in [7, 11) is 0. The summed E-state index contributed by atoms with van der Waals surface area (Å²) in [4.78, 5) is 27.3. The fraction of sp³-hybridized carbons (Fsp3) is 0.440. The first-order valence-electron chi connectivity index (χ1n) is 11.5. The van der Waals surface area contributed by atoms with Crippen LogP contribution in [0.3, 0.4) is 0 Å². The highest BCUT2D eigenvalue weighted by molar-refractivity contribution is 6.03. The number of nitrogens with zero attached hydrogens (tertiary/aromatic N) is 1. The molecule has 1 heterocycles. The number of fused-ring (bicyclic) bond motifs is 2. The van der Waals surface area contributed by atoms with Crippen LogP contribution in [0.1, 0.15) is 50.2 Å². The van der Waals surface area contributed by atoms with Crippen LogP contribution in [0.25, 0.3) is 0 Å². The lowest BCUT2D eigenvalue weighted by atomic mass is 9.95. The maximum atomic E-state index is 13.5. The van der Waals surface area contributed by atoms with Crippen LogP contribution >= 0.6 is 0 Å². The minimum atomic E-state index is -0.486. The molecule has 31 heavy (non-hydrogen) atoms. The second kappa shape index (κ2) is 9.96. The highest BCUT2D eigenvalue weighted by Gasteiger charge is 2.28. The zero-order chi connectivity index (χ0) is 21.6. The van der Waals surface area contributed by atoms with Crippen molar-refractivity contribution in [2.24, 2.45) is 0 Å². The van der Waals surface area contributed by atoms with E-state index in [4.69, 9.17) is 4.74 Å². The zero-order valence-corrected chi connectivity index (χ0v) is 18.2. The first kappa shape index (κ1) is 21.4. The number of anilines is 3. The molecule has 0 radical (unpaired) electrons. The Morgan fingerprint density at radius 2 is 1.77 bits per heavy atom. The van der Waals surface area contributed by atoms with Gasteiger partial charge in [-0.3, -0.25) is 15.0 Å². The van der Waals surface area contributed by atoms with Gasteiger partial charge in [0.2, 0.25) is 0 Å².